The van der Waals surface area contributed by atoms with Crippen LogP contribution in [0.2, 0.25) is 0 Å². The minimum Gasteiger partial charge on any atom is -0.464 e. The van der Waals surface area contributed by atoms with Crippen LogP contribution in [-0.2, 0) is 16.9 Å². The zero-order valence-electron chi connectivity index (χ0n) is 16.5. The van der Waals surface area contributed by atoms with Crippen LogP contribution in [0.25, 0.3) is 28.0 Å². The van der Waals surface area contributed by atoms with E-state index in [0.717, 1.165) is 39.9 Å². The van der Waals surface area contributed by atoms with Crippen molar-refractivity contribution in [2.75, 3.05) is 12.0 Å². The van der Waals surface area contributed by atoms with Gasteiger partial charge in [-0.2, -0.15) is 10.2 Å². The fourth-order valence-electron chi connectivity index (χ4n) is 3.45. The lowest BCUT2D eigenvalue weighted by Gasteiger charge is -2.03. The minimum absolute atomic E-state index is 0.234. The fraction of sp³-hybridized carbons (Fsp3) is 0.250. The number of Topliss-reactive ketones (excluding diaryl/α,β-unsaturated/α-hetero) is 1. The van der Waals surface area contributed by atoms with E-state index in [0.29, 0.717) is 5.76 Å². The number of aryl methyl sites for hydroxylation is 2. The summed E-state index contributed by atoms with van der Waals surface area (Å²) in [4.78, 5) is 12.1. The second-order valence-corrected chi connectivity index (χ2v) is 9.31. The molecule has 4 aromatic rings. The molecule has 0 fully saturated rings. The van der Waals surface area contributed by atoms with Crippen molar-refractivity contribution in [1.82, 2.24) is 19.4 Å². The molecule has 4 heterocycles. The quantitative estimate of drug-likeness (QED) is 0.467. The summed E-state index contributed by atoms with van der Waals surface area (Å²) >= 11 is 0. The number of nitrogens with zero attached hydrogens (tertiary/aromatic N) is 4. The lowest BCUT2D eigenvalue weighted by atomic mass is 10.0. The molecule has 0 saturated carbocycles. The molecule has 0 atom stereocenters. The molecule has 0 radical (unpaired) electrons. The third-order valence-corrected chi connectivity index (χ3v) is 5.69. The van der Waals surface area contributed by atoms with Gasteiger partial charge in [0.05, 0.1) is 23.0 Å². The first-order valence-electron chi connectivity index (χ1n) is 8.92. The number of furan rings is 1. The van der Waals surface area contributed by atoms with Gasteiger partial charge in [-0.25, -0.2) is 12.9 Å². The number of sulfone groups is 1. The van der Waals surface area contributed by atoms with E-state index in [4.69, 9.17) is 4.42 Å². The molecular formula is C20H20N4O4S. The van der Waals surface area contributed by atoms with E-state index >= 15 is 0 Å². The Kier molecular flexibility index (Phi) is 4.42. The third-order valence-electron chi connectivity index (χ3n) is 4.90. The lowest BCUT2D eigenvalue weighted by molar-refractivity contribution is 0.102. The van der Waals surface area contributed by atoms with Gasteiger partial charge >= 0.3 is 0 Å². The Morgan fingerprint density at radius 2 is 2.00 bits per heavy atom. The molecule has 150 valence electrons. The Morgan fingerprint density at radius 3 is 2.66 bits per heavy atom. The van der Waals surface area contributed by atoms with Crippen LogP contribution in [0.1, 0.15) is 21.7 Å². The number of pyridine rings is 1. The lowest BCUT2D eigenvalue weighted by Crippen LogP contribution is -2.13. The standard InChI is InChI=1S/C20H20N4O4S/c1-12-20(13(2)23(3)22-12)16-9-21-24-6-5-14(7-17(16)24)19-8-15(10-28-19)18(25)11-29(4,26)27/h5-10H,11H2,1-4H3. The average molecular weight is 412 g/mol. The van der Waals surface area contributed by atoms with E-state index in [1.165, 1.54) is 6.26 Å². The second kappa shape index (κ2) is 6.70. The summed E-state index contributed by atoms with van der Waals surface area (Å²) in [6, 6.07) is 5.32. The van der Waals surface area contributed by atoms with E-state index in [1.807, 2.05) is 43.9 Å². The molecular weight excluding hydrogens is 392 g/mol. The molecule has 9 heteroatoms. The first-order valence-corrected chi connectivity index (χ1v) is 11.0. The Balaban J connectivity index is 1.76. The average Bonchev–Trinajstić information content (AvgIpc) is 3.32. The molecule has 0 saturated heterocycles. The predicted molar refractivity (Wildman–Crippen MR) is 109 cm³/mol. The van der Waals surface area contributed by atoms with Crippen LogP contribution in [0.5, 0.6) is 0 Å². The zero-order chi connectivity index (χ0) is 20.9. The number of carbonyl (C=O) groups is 1. The maximum absolute atomic E-state index is 12.1. The van der Waals surface area contributed by atoms with Crippen LogP contribution in [-0.4, -0.2) is 45.6 Å². The minimum atomic E-state index is -3.40. The Hall–Kier alpha value is -3.20. The van der Waals surface area contributed by atoms with Crippen LogP contribution in [0.4, 0.5) is 0 Å². The van der Waals surface area contributed by atoms with Crippen LogP contribution < -0.4 is 0 Å². The van der Waals surface area contributed by atoms with E-state index in [-0.39, 0.29) is 5.56 Å². The van der Waals surface area contributed by atoms with Gasteiger partial charge in [0.25, 0.3) is 0 Å². The van der Waals surface area contributed by atoms with Gasteiger partial charge in [-0.3, -0.25) is 9.48 Å². The Bertz CT molecular complexity index is 1360. The highest BCUT2D eigenvalue weighted by atomic mass is 32.2. The Morgan fingerprint density at radius 1 is 1.24 bits per heavy atom. The van der Waals surface area contributed by atoms with Crippen LogP contribution >= 0.6 is 0 Å². The van der Waals surface area contributed by atoms with Crippen molar-refractivity contribution in [2.45, 2.75) is 13.8 Å². The molecule has 4 rings (SSSR count). The van der Waals surface area contributed by atoms with Gasteiger partial charge in [-0.15, -0.1) is 0 Å². The smallest absolute Gasteiger partial charge is 0.181 e. The summed E-state index contributed by atoms with van der Waals surface area (Å²) in [6.07, 6.45) is 5.94. The fourth-order valence-corrected chi connectivity index (χ4v) is 4.09. The van der Waals surface area contributed by atoms with Gasteiger partial charge in [0.15, 0.2) is 15.6 Å². The second-order valence-electron chi connectivity index (χ2n) is 7.17. The highest BCUT2D eigenvalue weighted by Crippen LogP contribution is 2.32. The summed E-state index contributed by atoms with van der Waals surface area (Å²) in [5.41, 5.74) is 5.81. The number of ketones is 1. The zero-order valence-corrected chi connectivity index (χ0v) is 17.3. The van der Waals surface area contributed by atoms with Gasteiger partial charge in [-0.1, -0.05) is 0 Å². The molecule has 8 nitrogen and oxygen atoms in total. The van der Waals surface area contributed by atoms with E-state index in [9.17, 15) is 13.2 Å². The molecule has 0 bridgehead atoms. The Labute approximate surface area is 167 Å². The van der Waals surface area contributed by atoms with Crippen molar-refractivity contribution in [3.8, 4) is 22.5 Å². The van der Waals surface area contributed by atoms with Crippen molar-refractivity contribution in [3.05, 3.63) is 53.8 Å². The first kappa shape index (κ1) is 19.1. The number of rotatable bonds is 5. The highest BCUT2D eigenvalue weighted by Gasteiger charge is 2.19. The SMILES string of the molecule is Cc1nn(C)c(C)c1-c1cnn2ccc(-c3cc(C(=O)CS(C)(=O)=O)co3)cc12. The van der Waals surface area contributed by atoms with Crippen molar-refractivity contribution < 1.29 is 17.6 Å². The molecule has 0 aliphatic rings. The van der Waals surface area contributed by atoms with Crippen molar-refractivity contribution in [1.29, 1.82) is 0 Å². The van der Waals surface area contributed by atoms with Gasteiger partial charge in [0, 0.05) is 41.9 Å². The van der Waals surface area contributed by atoms with E-state index in [2.05, 4.69) is 10.2 Å². The molecule has 4 aromatic heterocycles. The maximum atomic E-state index is 12.1. The summed E-state index contributed by atoms with van der Waals surface area (Å²) in [6.45, 7) is 3.97. The molecule has 0 aromatic carbocycles. The van der Waals surface area contributed by atoms with Crippen molar-refractivity contribution in [2.24, 2.45) is 7.05 Å². The maximum Gasteiger partial charge on any atom is 0.181 e. The summed E-state index contributed by atoms with van der Waals surface area (Å²) in [5, 5.41) is 8.90. The number of hydrogen-bond donors (Lipinski definition) is 0. The first-order chi connectivity index (χ1) is 13.6. The van der Waals surface area contributed by atoms with Crippen LogP contribution in [0.15, 0.2) is 41.3 Å². The van der Waals surface area contributed by atoms with Gasteiger partial charge in [0.2, 0.25) is 0 Å². The summed E-state index contributed by atoms with van der Waals surface area (Å²) in [7, 11) is -1.50. The van der Waals surface area contributed by atoms with Crippen molar-refractivity contribution in [3.63, 3.8) is 0 Å². The number of fused-ring (bicyclic) bond motifs is 1. The third kappa shape index (κ3) is 3.49. The van der Waals surface area contributed by atoms with Gasteiger partial charge in [-0.05, 0) is 32.0 Å². The number of carbonyl (C=O) groups excluding carboxylic acids is 1. The molecule has 0 spiro atoms. The van der Waals surface area contributed by atoms with E-state index < -0.39 is 21.4 Å². The summed E-state index contributed by atoms with van der Waals surface area (Å²) < 4.78 is 31.9. The molecule has 0 N–H and O–H groups in total. The topological polar surface area (TPSA) is 99.5 Å². The molecule has 0 aliphatic carbocycles. The summed E-state index contributed by atoms with van der Waals surface area (Å²) in [5.74, 6) is -0.552. The molecule has 0 aliphatic heterocycles. The van der Waals surface area contributed by atoms with Crippen molar-refractivity contribution >= 4 is 21.1 Å². The number of hydrogen-bond acceptors (Lipinski definition) is 6. The van der Waals surface area contributed by atoms with Gasteiger partial charge in [0.1, 0.15) is 17.8 Å². The monoisotopic (exact) mass is 412 g/mol. The van der Waals surface area contributed by atoms with Crippen LogP contribution in [0, 0.1) is 13.8 Å². The predicted octanol–water partition coefficient (Wildman–Crippen LogP) is 2.84. The highest BCUT2D eigenvalue weighted by molar-refractivity contribution is 7.91. The number of aromatic nitrogens is 4. The van der Waals surface area contributed by atoms with Crippen LogP contribution in [0.3, 0.4) is 0 Å². The van der Waals surface area contributed by atoms with Gasteiger partial charge < -0.3 is 4.42 Å². The normalized spacial score (nSPS) is 12.0. The molecule has 0 unspecified atom stereocenters. The van der Waals surface area contributed by atoms with E-state index in [1.54, 1.807) is 16.8 Å². The molecule has 29 heavy (non-hydrogen) atoms. The largest absolute Gasteiger partial charge is 0.464 e. The molecule has 0 amide bonds.